The molecule has 0 atom stereocenters. The zero-order valence-electron chi connectivity index (χ0n) is 15.0. The summed E-state index contributed by atoms with van der Waals surface area (Å²) in [5.41, 5.74) is 0. The van der Waals surface area contributed by atoms with Crippen molar-refractivity contribution in [1.29, 1.82) is 0 Å². The summed E-state index contributed by atoms with van der Waals surface area (Å²) in [7, 11) is -5.15. The first-order valence-corrected chi connectivity index (χ1v) is 17.4. The van der Waals surface area contributed by atoms with Crippen LogP contribution < -0.4 is 0 Å². The van der Waals surface area contributed by atoms with Crippen LogP contribution in [0.2, 0.25) is 51.9 Å². The van der Waals surface area contributed by atoms with E-state index < -0.39 is 25.2 Å². The van der Waals surface area contributed by atoms with Gasteiger partial charge in [-0.25, -0.2) is 0 Å². The van der Waals surface area contributed by atoms with Crippen molar-refractivity contribution >= 4 is 25.2 Å². The summed E-state index contributed by atoms with van der Waals surface area (Å²) in [6.07, 6.45) is 9.74. The summed E-state index contributed by atoms with van der Waals surface area (Å²) in [5.74, 6) is 0. The van der Waals surface area contributed by atoms with Crippen LogP contribution in [-0.4, -0.2) is 25.2 Å². The predicted octanol–water partition coefficient (Wildman–Crippen LogP) is 5.90. The summed E-state index contributed by atoms with van der Waals surface area (Å²) >= 11 is 0. The maximum atomic E-state index is 6.47. The van der Waals surface area contributed by atoms with E-state index >= 15 is 0 Å². The maximum absolute atomic E-state index is 6.47. The highest BCUT2D eigenvalue weighted by atomic mass is 28.5. The van der Waals surface area contributed by atoms with E-state index in [0.717, 1.165) is 6.04 Å². The molecule has 0 aliphatic heterocycles. The zero-order valence-corrected chi connectivity index (χ0v) is 18.0. The Labute approximate surface area is 130 Å². The van der Waals surface area contributed by atoms with Gasteiger partial charge < -0.3 is 8.23 Å². The maximum Gasteiger partial charge on any atom is 0.318 e. The van der Waals surface area contributed by atoms with Gasteiger partial charge in [-0.2, -0.15) is 0 Å². The van der Waals surface area contributed by atoms with Gasteiger partial charge in [0.2, 0.25) is 0 Å². The van der Waals surface area contributed by atoms with Gasteiger partial charge in [0.1, 0.15) is 0 Å². The first kappa shape index (κ1) is 20.3. The molecule has 5 heteroatoms. The summed E-state index contributed by atoms with van der Waals surface area (Å²) in [6.45, 7) is 18.1. The fraction of sp³-hybridized carbons (Fsp3) is 0.867. The van der Waals surface area contributed by atoms with Crippen LogP contribution in [0.4, 0.5) is 0 Å². The number of hydrogen-bond donors (Lipinski definition) is 0. The Hall–Kier alpha value is 0.311. The minimum absolute atomic E-state index is 0.994. The molecule has 0 bridgehead atoms. The summed E-state index contributed by atoms with van der Waals surface area (Å²) < 4.78 is 12.9. The van der Waals surface area contributed by atoms with Crippen molar-refractivity contribution in [2.24, 2.45) is 0 Å². The third-order valence-corrected chi connectivity index (χ3v) is 12.0. The second-order valence-corrected chi connectivity index (χ2v) is 20.5. The molecule has 0 fully saturated rings. The van der Waals surface area contributed by atoms with Crippen molar-refractivity contribution in [2.45, 2.75) is 84.5 Å². The van der Waals surface area contributed by atoms with E-state index in [1.54, 1.807) is 0 Å². The van der Waals surface area contributed by atoms with Gasteiger partial charge in [0.15, 0.2) is 16.6 Å². The Balaban J connectivity index is 4.53. The highest BCUT2D eigenvalue weighted by Crippen LogP contribution is 2.24. The van der Waals surface area contributed by atoms with E-state index in [2.05, 4.69) is 64.9 Å². The molecule has 0 aromatic rings. The Morgan fingerprint density at radius 1 is 0.750 bits per heavy atom. The van der Waals surface area contributed by atoms with Gasteiger partial charge in [-0.1, -0.05) is 31.9 Å². The van der Waals surface area contributed by atoms with Gasteiger partial charge in [0.05, 0.1) is 0 Å². The van der Waals surface area contributed by atoms with Gasteiger partial charge >= 0.3 is 8.56 Å². The highest BCUT2D eigenvalue weighted by molar-refractivity contribution is 6.87. The molecule has 2 nitrogen and oxygen atoms in total. The molecule has 0 N–H and O–H groups in total. The molecular formula is C15H36O2Si3. The molecular weight excluding hydrogens is 296 g/mol. The lowest BCUT2D eigenvalue weighted by molar-refractivity contribution is 0.389. The third-order valence-electron chi connectivity index (χ3n) is 2.67. The molecule has 0 unspecified atom stereocenters. The van der Waals surface area contributed by atoms with Crippen molar-refractivity contribution in [2.75, 3.05) is 0 Å². The molecule has 0 heterocycles. The lowest BCUT2D eigenvalue weighted by atomic mass is 10.2. The van der Waals surface area contributed by atoms with Gasteiger partial charge in [0, 0.05) is 6.04 Å². The quantitative estimate of drug-likeness (QED) is 0.282. The Kier molecular flexibility index (Phi) is 8.82. The highest BCUT2D eigenvalue weighted by Gasteiger charge is 2.39. The minimum Gasteiger partial charge on any atom is -0.436 e. The van der Waals surface area contributed by atoms with Crippen molar-refractivity contribution in [1.82, 2.24) is 0 Å². The smallest absolute Gasteiger partial charge is 0.318 e. The van der Waals surface area contributed by atoms with Crippen LogP contribution in [0, 0.1) is 0 Å². The van der Waals surface area contributed by atoms with E-state index in [0.29, 0.717) is 0 Å². The summed E-state index contributed by atoms with van der Waals surface area (Å²) in [5, 5.41) is 0. The Bertz CT molecular complexity index is 274. The van der Waals surface area contributed by atoms with E-state index in [1.807, 2.05) is 0 Å². The lowest BCUT2D eigenvalue weighted by Crippen LogP contribution is -2.52. The molecule has 0 saturated carbocycles. The van der Waals surface area contributed by atoms with Gasteiger partial charge in [-0.15, -0.1) is 0 Å². The molecule has 120 valence electrons. The van der Waals surface area contributed by atoms with Crippen LogP contribution in [-0.2, 0) is 8.23 Å². The molecule has 0 radical (unpaired) electrons. The largest absolute Gasteiger partial charge is 0.436 e. The second-order valence-electron chi connectivity index (χ2n) is 7.73. The number of unbranched alkanes of at least 4 members (excludes halogenated alkanes) is 3. The van der Waals surface area contributed by atoms with E-state index in [-0.39, 0.29) is 0 Å². The molecule has 0 spiro atoms. The van der Waals surface area contributed by atoms with E-state index in [1.165, 1.54) is 25.7 Å². The van der Waals surface area contributed by atoms with E-state index in [9.17, 15) is 0 Å². The predicted molar refractivity (Wildman–Crippen MR) is 98.6 cm³/mol. The van der Waals surface area contributed by atoms with Crippen LogP contribution in [0.25, 0.3) is 0 Å². The molecule has 0 aromatic carbocycles. The van der Waals surface area contributed by atoms with Crippen LogP contribution in [0.1, 0.15) is 32.6 Å². The molecule has 0 amide bonds. The average Bonchev–Trinajstić information content (AvgIpc) is 2.17. The summed E-state index contributed by atoms with van der Waals surface area (Å²) in [6, 6.07) is 0.994. The number of hydrogen-bond acceptors (Lipinski definition) is 2. The van der Waals surface area contributed by atoms with Crippen LogP contribution >= 0.6 is 0 Å². The minimum atomic E-state index is -2.05. The van der Waals surface area contributed by atoms with Crippen molar-refractivity contribution in [3.8, 4) is 0 Å². The van der Waals surface area contributed by atoms with Gasteiger partial charge in [-0.3, -0.25) is 0 Å². The fourth-order valence-electron chi connectivity index (χ4n) is 2.33. The van der Waals surface area contributed by atoms with Gasteiger partial charge in [0.25, 0.3) is 0 Å². The SMILES string of the molecule is CCCCC/C=C/C[Si](C)(O[Si](C)(C)C)O[Si](C)(C)C. The first-order valence-electron chi connectivity index (χ1n) is 8.03. The normalized spacial score (nSPS) is 14.2. The molecule has 0 aliphatic rings. The molecule has 20 heavy (non-hydrogen) atoms. The fourth-order valence-corrected chi connectivity index (χ4v) is 14.5. The van der Waals surface area contributed by atoms with Crippen LogP contribution in [0.3, 0.4) is 0 Å². The third kappa shape index (κ3) is 12.1. The van der Waals surface area contributed by atoms with Crippen molar-refractivity contribution in [3.05, 3.63) is 12.2 Å². The Morgan fingerprint density at radius 2 is 1.25 bits per heavy atom. The van der Waals surface area contributed by atoms with E-state index in [4.69, 9.17) is 8.23 Å². The van der Waals surface area contributed by atoms with Crippen molar-refractivity contribution in [3.63, 3.8) is 0 Å². The lowest BCUT2D eigenvalue weighted by Gasteiger charge is -2.38. The zero-order chi connectivity index (χ0) is 15.9. The van der Waals surface area contributed by atoms with Crippen LogP contribution in [0.15, 0.2) is 12.2 Å². The Morgan fingerprint density at radius 3 is 1.65 bits per heavy atom. The first-order chi connectivity index (χ1) is 8.97. The van der Waals surface area contributed by atoms with Crippen molar-refractivity contribution < 1.29 is 8.23 Å². The molecule has 0 rings (SSSR count). The monoisotopic (exact) mass is 332 g/mol. The molecule has 0 aromatic heterocycles. The second kappa shape index (κ2) is 8.68. The number of rotatable bonds is 10. The molecule has 0 aliphatic carbocycles. The van der Waals surface area contributed by atoms with Crippen LogP contribution in [0.5, 0.6) is 0 Å². The average molecular weight is 333 g/mol. The van der Waals surface area contributed by atoms with Gasteiger partial charge in [-0.05, 0) is 58.7 Å². The molecule has 0 saturated heterocycles. The standard InChI is InChI=1S/C15H36O2Si3/c1-9-10-11-12-13-14-15-20(8,16-18(2,3)4)17-19(5,6)7/h13-14H,9-12,15H2,1-8H3/b14-13+. The topological polar surface area (TPSA) is 18.5 Å². The number of allylic oxidation sites excluding steroid dienone is 2. The summed E-state index contributed by atoms with van der Waals surface area (Å²) in [4.78, 5) is 0.